The second-order valence-corrected chi connectivity index (χ2v) is 7.77. The number of carbonyl (C=O) groups excluding carboxylic acids is 1. The summed E-state index contributed by atoms with van der Waals surface area (Å²) < 4.78 is 6.83. The minimum Gasteiger partial charge on any atom is -0.465 e. The molecule has 0 saturated carbocycles. The van der Waals surface area contributed by atoms with E-state index in [0.717, 1.165) is 11.1 Å². The quantitative estimate of drug-likeness (QED) is 0.239. The average Bonchev–Trinajstić information content (AvgIpc) is 3.29. The molecule has 0 fully saturated rings. The molecule has 7 nitrogen and oxygen atoms in total. The molecular weight excluding hydrogens is 623 g/mol. The summed E-state index contributed by atoms with van der Waals surface area (Å²) in [7, 11) is 1.37. The molecule has 0 saturated heterocycles. The van der Waals surface area contributed by atoms with Crippen LogP contribution in [-0.4, -0.2) is 50.3 Å². The van der Waals surface area contributed by atoms with Crippen molar-refractivity contribution in [1.29, 1.82) is 0 Å². The van der Waals surface area contributed by atoms with Gasteiger partial charge in [-0.25, -0.2) is 4.79 Å². The first kappa shape index (κ1) is 28.1. The zero-order valence-electron chi connectivity index (χ0n) is 19.8. The Morgan fingerprint density at radius 1 is 0.914 bits per heavy atom. The van der Waals surface area contributed by atoms with Gasteiger partial charge in [0.25, 0.3) is 0 Å². The van der Waals surface area contributed by atoms with E-state index in [4.69, 9.17) is 14.9 Å². The van der Waals surface area contributed by atoms with Gasteiger partial charge in [0.2, 0.25) is 0 Å². The molecule has 1 aromatic heterocycles. The maximum Gasteiger partial charge on any atom is 0.339 e. The second kappa shape index (κ2) is 13.7. The van der Waals surface area contributed by atoms with Crippen molar-refractivity contribution < 1.29 is 39.8 Å². The summed E-state index contributed by atoms with van der Waals surface area (Å²) >= 11 is 0. The van der Waals surface area contributed by atoms with Gasteiger partial charge in [-0.05, 0) is 32.4 Å². The molecule has 4 aromatic rings. The van der Waals surface area contributed by atoms with E-state index in [1.54, 1.807) is 26.0 Å². The molecule has 0 amide bonds. The largest absolute Gasteiger partial charge is 0.465 e. The average molecular weight is 651 g/mol. The molecule has 2 atom stereocenters. The van der Waals surface area contributed by atoms with Gasteiger partial charge in [-0.1, -0.05) is 42.5 Å². The Morgan fingerprint density at radius 2 is 1.51 bits per heavy atom. The standard InChI is InChI=1S/C22H16N3O2.C5H12O2.Ir/c1-27-22(26)18-14-8-9-15-19(18)25-20(16-10-4-2-5-11-16)23-24-21(25)17-12-6-3-7-13-17;1-4(6)3-5(2)7;/h2-12,14-15H,1H3;4-7H,3H2,1-2H3;/q-1;;. The van der Waals surface area contributed by atoms with Crippen LogP contribution in [0.15, 0.2) is 78.9 Å². The third-order valence-corrected chi connectivity index (χ3v) is 4.88. The Kier molecular flexibility index (Phi) is 11.0. The number of para-hydroxylation sites is 1. The van der Waals surface area contributed by atoms with Crippen LogP contribution in [0.25, 0.3) is 28.5 Å². The van der Waals surface area contributed by atoms with Crippen LogP contribution in [0.3, 0.4) is 0 Å². The van der Waals surface area contributed by atoms with Gasteiger partial charge >= 0.3 is 5.97 Å². The van der Waals surface area contributed by atoms with Crippen LogP contribution in [0.1, 0.15) is 30.6 Å². The maximum absolute atomic E-state index is 12.3. The van der Waals surface area contributed by atoms with Crippen LogP contribution >= 0.6 is 0 Å². The number of esters is 1. The van der Waals surface area contributed by atoms with Gasteiger partial charge in [-0.15, -0.1) is 41.0 Å². The Labute approximate surface area is 218 Å². The van der Waals surface area contributed by atoms with Gasteiger partial charge in [0, 0.05) is 25.7 Å². The molecule has 4 rings (SSSR count). The first-order valence-electron chi connectivity index (χ1n) is 10.9. The fourth-order valence-electron chi connectivity index (χ4n) is 3.44. The minimum atomic E-state index is -0.415. The van der Waals surface area contributed by atoms with Crippen LogP contribution in [0.2, 0.25) is 0 Å². The van der Waals surface area contributed by atoms with Crippen molar-refractivity contribution in [2.45, 2.75) is 32.5 Å². The van der Waals surface area contributed by atoms with E-state index in [9.17, 15) is 4.79 Å². The molecule has 0 aliphatic heterocycles. The Bertz CT molecular complexity index is 1130. The molecule has 0 spiro atoms. The Hall–Kier alpha value is -3.16. The van der Waals surface area contributed by atoms with E-state index in [1.807, 2.05) is 71.3 Å². The summed E-state index contributed by atoms with van der Waals surface area (Å²) in [6.07, 6.45) is -0.278. The molecule has 2 N–H and O–H groups in total. The van der Waals surface area contributed by atoms with E-state index >= 15 is 0 Å². The van der Waals surface area contributed by atoms with Crippen molar-refractivity contribution in [2.75, 3.05) is 7.11 Å². The zero-order chi connectivity index (χ0) is 24.5. The number of aromatic nitrogens is 3. The first-order chi connectivity index (χ1) is 16.4. The molecule has 0 aliphatic carbocycles. The predicted molar refractivity (Wildman–Crippen MR) is 130 cm³/mol. The molecule has 185 valence electrons. The topological polar surface area (TPSA) is 97.5 Å². The number of benzene rings is 3. The number of ether oxygens (including phenoxy) is 1. The maximum atomic E-state index is 12.3. The smallest absolute Gasteiger partial charge is 0.339 e. The third-order valence-electron chi connectivity index (χ3n) is 4.88. The van der Waals surface area contributed by atoms with E-state index in [0.29, 0.717) is 29.3 Å². The van der Waals surface area contributed by atoms with Gasteiger partial charge < -0.3 is 19.5 Å². The van der Waals surface area contributed by atoms with Gasteiger partial charge in [0.15, 0.2) is 5.82 Å². The predicted octanol–water partition coefficient (Wildman–Crippen LogP) is 4.32. The van der Waals surface area contributed by atoms with Gasteiger partial charge in [-0.3, -0.25) is 0 Å². The van der Waals surface area contributed by atoms with Crippen LogP contribution in [0.4, 0.5) is 0 Å². The van der Waals surface area contributed by atoms with E-state index in [-0.39, 0.29) is 32.3 Å². The molecule has 0 bridgehead atoms. The number of aliphatic hydroxyl groups is 2. The number of rotatable bonds is 6. The summed E-state index contributed by atoms with van der Waals surface area (Å²) in [4.78, 5) is 12.3. The molecule has 3 aromatic carbocycles. The van der Waals surface area contributed by atoms with Crippen LogP contribution in [0, 0.1) is 6.07 Å². The van der Waals surface area contributed by atoms with Crippen LogP contribution in [-0.2, 0) is 24.8 Å². The number of methoxy groups -OCH3 is 1. The van der Waals surface area contributed by atoms with Gasteiger partial charge in [0.05, 0.1) is 36.4 Å². The first-order valence-corrected chi connectivity index (χ1v) is 10.9. The SMILES string of the molecule is CC(O)CC(C)O.COC(=O)c1ccccc1-n1c(-c2[c-]cccc2)nnc1-c1ccccc1.[Ir]. The van der Waals surface area contributed by atoms with Gasteiger partial charge in [0.1, 0.15) is 0 Å². The second-order valence-electron chi connectivity index (χ2n) is 7.77. The molecule has 1 radical (unpaired) electrons. The Balaban J connectivity index is 0.000000476. The number of hydrogen-bond donors (Lipinski definition) is 2. The summed E-state index contributed by atoms with van der Waals surface area (Å²) in [5, 5.41) is 25.9. The fraction of sp³-hybridized carbons (Fsp3) is 0.222. The van der Waals surface area contributed by atoms with Gasteiger partial charge in [-0.2, -0.15) is 5.10 Å². The zero-order valence-corrected chi connectivity index (χ0v) is 22.1. The molecule has 0 aliphatic rings. The van der Waals surface area contributed by atoms with Crippen molar-refractivity contribution in [1.82, 2.24) is 14.8 Å². The number of nitrogens with zero attached hydrogens (tertiary/aromatic N) is 3. The number of aliphatic hydroxyl groups excluding tert-OH is 2. The Morgan fingerprint density at radius 3 is 2.09 bits per heavy atom. The summed E-state index contributed by atoms with van der Waals surface area (Å²) in [5.74, 6) is 0.825. The van der Waals surface area contributed by atoms with Crippen LogP contribution < -0.4 is 0 Å². The monoisotopic (exact) mass is 651 g/mol. The van der Waals surface area contributed by atoms with Crippen molar-refractivity contribution >= 4 is 5.97 Å². The van der Waals surface area contributed by atoms with Crippen molar-refractivity contribution in [2.24, 2.45) is 0 Å². The number of carbonyl (C=O) groups is 1. The molecular formula is C27H28IrN3O4-. The summed E-state index contributed by atoms with van der Waals surface area (Å²) in [5.41, 5.74) is 2.77. The van der Waals surface area contributed by atoms with E-state index in [2.05, 4.69) is 16.3 Å². The molecule has 1 heterocycles. The normalized spacial score (nSPS) is 11.9. The summed E-state index contributed by atoms with van der Waals surface area (Å²) in [6, 6.07) is 27.7. The molecule has 8 heteroatoms. The minimum absolute atomic E-state index is 0. The van der Waals surface area contributed by atoms with Crippen molar-refractivity contribution in [3.8, 4) is 28.5 Å². The summed E-state index contributed by atoms with van der Waals surface area (Å²) in [6.45, 7) is 3.32. The van der Waals surface area contributed by atoms with Crippen molar-refractivity contribution in [3.05, 3.63) is 90.5 Å². The van der Waals surface area contributed by atoms with Crippen molar-refractivity contribution in [3.63, 3.8) is 0 Å². The number of hydrogen-bond acceptors (Lipinski definition) is 6. The third kappa shape index (κ3) is 7.41. The van der Waals surface area contributed by atoms with Crippen LogP contribution in [0.5, 0.6) is 0 Å². The fourth-order valence-corrected chi connectivity index (χ4v) is 3.44. The van der Waals surface area contributed by atoms with E-state index < -0.39 is 5.97 Å². The van der Waals surface area contributed by atoms with E-state index in [1.165, 1.54) is 7.11 Å². The molecule has 35 heavy (non-hydrogen) atoms. The molecule has 2 unspecified atom stereocenters.